The quantitative estimate of drug-likeness (QED) is 0.687. The number of likely N-dealkylation sites (tertiary alicyclic amines) is 1. The summed E-state index contributed by atoms with van der Waals surface area (Å²) < 4.78 is 5.43. The summed E-state index contributed by atoms with van der Waals surface area (Å²) in [6.07, 6.45) is 1.13. The number of hydrogen-bond donors (Lipinski definition) is 3. The number of nitrogens with zero attached hydrogens (tertiary/aromatic N) is 2. The molecule has 26 heavy (non-hydrogen) atoms. The molecule has 3 rings (SSSR count). The van der Waals surface area contributed by atoms with E-state index in [0.29, 0.717) is 25.1 Å². The van der Waals surface area contributed by atoms with E-state index in [2.05, 4.69) is 0 Å². The van der Waals surface area contributed by atoms with E-state index in [1.807, 2.05) is 24.3 Å². The third kappa shape index (κ3) is 3.65. The number of carbonyl (C=O) groups excluding carboxylic acids is 1. The number of methoxy groups -OCH3 is 1. The number of benzene rings is 2. The summed E-state index contributed by atoms with van der Waals surface area (Å²) >= 11 is 0. The molecule has 1 aliphatic rings. The molecular weight excluding hydrogens is 336 g/mol. The van der Waals surface area contributed by atoms with Gasteiger partial charge in [-0.05, 0) is 41.8 Å². The molecule has 2 aromatic carbocycles. The van der Waals surface area contributed by atoms with Gasteiger partial charge in [-0.15, -0.1) is 5.23 Å². The maximum Gasteiger partial charge on any atom is 0.223 e. The summed E-state index contributed by atoms with van der Waals surface area (Å²) in [5.41, 5.74) is 2.66. The standard InChI is InChI=1S/C19H22N2O5/c1-26-18-7-5-13(11-20-16(12-22)6-8-19(20)23)9-17(18)14-3-2-4-15(10-14)21(24)25/h2-5,7,9-10,16,22,24-25H,6,8,11-12H2,1H3/t16-/m1/s1. The van der Waals surface area contributed by atoms with E-state index >= 15 is 0 Å². The number of ether oxygens (including phenoxy) is 1. The van der Waals surface area contributed by atoms with Gasteiger partial charge in [0.2, 0.25) is 5.91 Å². The summed E-state index contributed by atoms with van der Waals surface area (Å²) in [5, 5.41) is 28.0. The molecule has 7 heteroatoms. The average molecular weight is 358 g/mol. The first-order chi connectivity index (χ1) is 12.5. The zero-order valence-electron chi connectivity index (χ0n) is 14.5. The predicted molar refractivity (Wildman–Crippen MR) is 95.1 cm³/mol. The minimum Gasteiger partial charge on any atom is -0.496 e. The summed E-state index contributed by atoms with van der Waals surface area (Å²) in [6, 6.07) is 12.2. The van der Waals surface area contributed by atoms with Crippen LogP contribution in [0.15, 0.2) is 42.5 Å². The first-order valence-corrected chi connectivity index (χ1v) is 8.39. The van der Waals surface area contributed by atoms with Crippen molar-refractivity contribution in [1.29, 1.82) is 0 Å². The van der Waals surface area contributed by atoms with Gasteiger partial charge in [-0.25, -0.2) is 0 Å². The highest BCUT2D eigenvalue weighted by atomic mass is 16.8. The van der Waals surface area contributed by atoms with Crippen molar-refractivity contribution in [2.24, 2.45) is 0 Å². The van der Waals surface area contributed by atoms with Crippen LogP contribution in [0.25, 0.3) is 11.1 Å². The highest BCUT2D eigenvalue weighted by Gasteiger charge is 2.30. The molecule has 138 valence electrons. The minimum absolute atomic E-state index is 0.0413. The topological polar surface area (TPSA) is 93.5 Å². The normalized spacial score (nSPS) is 16.8. The van der Waals surface area contributed by atoms with Gasteiger partial charge in [0, 0.05) is 18.5 Å². The van der Waals surface area contributed by atoms with E-state index in [9.17, 15) is 20.3 Å². The first-order valence-electron chi connectivity index (χ1n) is 8.39. The fourth-order valence-corrected chi connectivity index (χ4v) is 3.27. The smallest absolute Gasteiger partial charge is 0.223 e. The van der Waals surface area contributed by atoms with Crippen molar-refractivity contribution in [3.8, 4) is 16.9 Å². The molecule has 0 aliphatic carbocycles. The number of amides is 1. The monoisotopic (exact) mass is 358 g/mol. The summed E-state index contributed by atoms with van der Waals surface area (Å²) in [6.45, 7) is 0.368. The molecule has 1 amide bonds. The molecule has 0 spiro atoms. The molecule has 0 saturated carbocycles. The van der Waals surface area contributed by atoms with Gasteiger partial charge >= 0.3 is 0 Å². The van der Waals surface area contributed by atoms with Crippen molar-refractivity contribution < 1.29 is 25.1 Å². The Bertz CT molecular complexity index is 793. The molecule has 1 fully saturated rings. The molecule has 0 unspecified atom stereocenters. The van der Waals surface area contributed by atoms with Crippen LogP contribution in [-0.2, 0) is 11.3 Å². The van der Waals surface area contributed by atoms with Crippen LogP contribution in [-0.4, -0.2) is 46.1 Å². The van der Waals surface area contributed by atoms with E-state index in [0.717, 1.165) is 16.7 Å². The molecule has 7 nitrogen and oxygen atoms in total. The van der Waals surface area contributed by atoms with Gasteiger partial charge in [0.05, 0.1) is 25.4 Å². The molecule has 1 aliphatic heterocycles. The van der Waals surface area contributed by atoms with Crippen molar-refractivity contribution in [3.63, 3.8) is 0 Å². The number of rotatable bonds is 6. The van der Waals surface area contributed by atoms with Crippen molar-refractivity contribution in [3.05, 3.63) is 48.0 Å². The van der Waals surface area contributed by atoms with Crippen molar-refractivity contribution >= 4 is 11.6 Å². The highest BCUT2D eigenvalue weighted by Crippen LogP contribution is 2.33. The summed E-state index contributed by atoms with van der Waals surface area (Å²) in [7, 11) is 1.57. The summed E-state index contributed by atoms with van der Waals surface area (Å²) in [5.74, 6) is 0.680. The largest absolute Gasteiger partial charge is 0.496 e. The fraction of sp³-hybridized carbons (Fsp3) is 0.316. The van der Waals surface area contributed by atoms with Gasteiger partial charge < -0.3 is 14.7 Å². The van der Waals surface area contributed by atoms with Crippen LogP contribution in [0.3, 0.4) is 0 Å². The molecule has 1 atom stereocenters. The minimum atomic E-state index is -0.145. The molecule has 3 N–H and O–H groups in total. The second-order valence-electron chi connectivity index (χ2n) is 6.27. The average Bonchev–Trinajstić information content (AvgIpc) is 3.01. The molecule has 0 radical (unpaired) electrons. The van der Waals surface area contributed by atoms with Gasteiger partial charge in [0.15, 0.2) is 0 Å². The van der Waals surface area contributed by atoms with E-state index in [1.165, 1.54) is 0 Å². The van der Waals surface area contributed by atoms with Gasteiger partial charge in [0.1, 0.15) is 5.75 Å². The Morgan fingerprint density at radius 3 is 2.73 bits per heavy atom. The second-order valence-corrected chi connectivity index (χ2v) is 6.27. The zero-order valence-corrected chi connectivity index (χ0v) is 14.5. The Balaban J connectivity index is 1.94. The van der Waals surface area contributed by atoms with E-state index in [-0.39, 0.29) is 29.5 Å². The lowest BCUT2D eigenvalue weighted by atomic mass is 10.0. The molecular formula is C19H22N2O5. The summed E-state index contributed by atoms with van der Waals surface area (Å²) in [4.78, 5) is 13.8. The van der Waals surface area contributed by atoms with Gasteiger partial charge in [-0.1, -0.05) is 18.2 Å². The van der Waals surface area contributed by atoms with Crippen LogP contribution in [0.2, 0.25) is 0 Å². The zero-order chi connectivity index (χ0) is 18.7. The van der Waals surface area contributed by atoms with E-state index in [1.54, 1.807) is 30.2 Å². The molecule has 1 saturated heterocycles. The maximum absolute atomic E-state index is 12.1. The van der Waals surface area contributed by atoms with Gasteiger partial charge in [0.25, 0.3) is 0 Å². The van der Waals surface area contributed by atoms with Crippen LogP contribution < -0.4 is 9.96 Å². The number of carbonyl (C=O) groups is 1. The van der Waals surface area contributed by atoms with Crippen LogP contribution >= 0.6 is 0 Å². The third-order valence-electron chi connectivity index (χ3n) is 4.67. The third-order valence-corrected chi connectivity index (χ3v) is 4.67. The Labute approximate surface area is 151 Å². The Morgan fingerprint density at radius 1 is 1.23 bits per heavy atom. The van der Waals surface area contributed by atoms with Crippen LogP contribution in [0.5, 0.6) is 5.75 Å². The van der Waals surface area contributed by atoms with Crippen LogP contribution in [0.1, 0.15) is 18.4 Å². The first kappa shape index (κ1) is 18.2. The number of hydrogen-bond acceptors (Lipinski definition) is 6. The van der Waals surface area contributed by atoms with Crippen LogP contribution in [0, 0.1) is 0 Å². The van der Waals surface area contributed by atoms with E-state index in [4.69, 9.17) is 4.74 Å². The molecule has 1 heterocycles. The predicted octanol–water partition coefficient (Wildman–Crippen LogP) is 2.43. The van der Waals surface area contributed by atoms with Gasteiger partial charge in [-0.3, -0.25) is 15.2 Å². The molecule has 2 aromatic rings. The SMILES string of the molecule is COc1ccc(CN2C(=O)CC[C@@H]2CO)cc1-c1cccc(N(O)O)c1. The van der Waals surface area contributed by atoms with E-state index < -0.39 is 0 Å². The Kier molecular flexibility index (Phi) is 5.41. The number of aliphatic hydroxyl groups is 1. The lowest BCUT2D eigenvalue weighted by molar-refractivity contribution is -0.130. The lowest BCUT2D eigenvalue weighted by Crippen LogP contribution is -2.34. The molecule has 0 bridgehead atoms. The second kappa shape index (κ2) is 7.74. The van der Waals surface area contributed by atoms with Gasteiger partial charge in [-0.2, -0.15) is 0 Å². The van der Waals surface area contributed by atoms with Crippen molar-refractivity contribution in [2.45, 2.75) is 25.4 Å². The highest BCUT2D eigenvalue weighted by molar-refractivity contribution is 5.79. The van der Waals surface area contributed by atoms with Crippen LogP contribution in [0.4, 0.5) is 5.69 Å². The van der Waals surface area contributed by atoms with Crippen molar-refractivity contribution in [2.75, 3.05) is 18.9 Å². The number of anilines is 1. The maximum atomic E-state index is 12.1. The Morgan fingerprint density at radius 2 is 2.04 bits per heavy atom. The molecule has 0 aromatic heterocycles. The fourth-order valence-electron chi connectivity index (χ4n) is 3.27. The Hall–Kier alpha value is -2.61. The number of aliphatic hydroxyl groups excluding tert-OH is 1. The lowest BCUT2D eigenvalue weighted by Gasteiger charge is -2.24. The van der Waals surface area contributed by atoms with Crippen molar-refractivity contribution in [1.82, 2.24) is 4.90 Å².